The molecule has 0 aliphatic heterocycles. The Morgan fingerprint density at radius 2 is 2.11 bits per heavy atom. The van der Waals surface area contributed by atoms with Gasteiger partial charge in [-0.1, -0.05) is 19.9 Å². The lowest BCUT2D eigenvalue weighted by molar-refractivity contribution is 0.0893. The molecule has 0 spiro atoms. The Morgan fingerprint density at radius 1 is 1.32 bits per heavy atom. The second kappa shape index (κ2) is 5.74. The largest absolute Gasteiger partial charge is 0.485 e. The Bertz CT molecular complexity index is 553. The number of benzene rings is 1. The normalized spacial score (nSPS) is 10.7. The Labute approximate surface area is 113 Å². The maximum Gasteiger partial charge on any atom is 0.235 e. The van der Waals surface area contributed by atoms with Crippen molar-refractivity contribution in [3.05, 3.63) is 53.5 Å². The fraction of sp³-hybridized carbons (Fsp3) is 0.312. The van der Waals surface area contributed by atoms with Crippen molar-refractivity contribution in [2.45, 2.75) is 26.7 Å². The van der Waals surface area contributed by atoms with Crippen molar-refractivity contribution in [3.63, 3.8) is 0 Å². The third-order valence-electron chi connectivity index (χ3n) is 2.91. The van der Waals surface area contributed by atoms with E-state index >= 15 is 0 Å². The third-order valence-corrected chi connectivity index (χ3v) is 2.91. The van der Waals surface area contributed by atoms with E-state index in [0.29, 0.717) is 11.7 Å². The van der Waals surface area contributed by atoms with Crippen LogP contribution in [-0.4, -0.2) is 12.4 Å². The minimum atomic E-state index is -0.155. The molecule has 0 bridgehead atoms. The SMILES string of the molecule is Cc1cc(OCC(=O)c2ccco2)cc(C(C)C)c1. The quantitative estimate of drug-likeness (QED) is 0.762. The van der Waals surface area contributed by atoms with Gasteiger partial charge in [-0.3, -0.25) is 4.79 Å². The Hall–Kier alpha value is -2.03. The fourth-order valence-corrected chi connectivity index (χ4v) is 1.85. The van der Waals surface area contributed by atoms with Crippen molar-refractivity contribution in [2.75, 3.05) is 6.61 Å². The first kappa shape index (κ1) is 13.4. The van der Waals surface area contributed by atoms with Crippen LogP contribution in [0.25, 0.3) is 0 Å². The summed E-state index contributed by atoms with van der Waals surface area (Å²) in [7, 11) is 0. The summed E-state index contributed by atoms with van der Waals surface area (Å²) >= 11 is 0. The average molecular weight is 258 g/mol. The van der Waals surface area contributed by atoms with Gasteiger partial charge in [0.1, 0.15) is 5.75 Å². The molecule has 1 aromatic heterocycles. The summed E-state index contributed by atoms with van der Waals surface area (Å²) in [5.41, 5.74) is 2.34. The Balaban J connectivity index is 2.05. The molecule has 0 aliphatic carbocycles. The van der Waals surface area contributed by atoms with Crippen LogP contribution >= 0.6 is 0 Å². The van der Waals surface area contributed by atoms with Crippen LogP contribution in [0.3, 0.4) is 0 Å². The summed E-state index contributed by atoms with van der Waals surface area (Å²) in [6.45, 7) is 6.28. The summed E-state index contributed by atoms with van der Waals surface area (Å²) in [6, 6.07) is 9.37. The van der Waals surface area contributed by atoms with E-state index in [2.05, 4.69) is 19.9 Å². The van der Waals surface area contributed by atoms with Crippen LogP contribution in [0.15, 0.2) is 41.0 Å². The third kappa shape index (κ3) is 3.47. The average Bonchev–Trinajstić information content (AvgIpc) is 2.89. The van der Waals surface area contributed by atoms with E-state index in [1.165, 1.54) is 11.8 Å². The van der Waals surface area contributed by atoms with Crippen LogP contribution in [-0.2, 0) is 0 Å². The summed E-state index contributed by atoms with van der Waals surface area (Å²) in [4.78, 5) is 11.8. The maximum atomic E-state index is 11.8. The summed E-state index contributed by atoms with van der Waals surface area (Å²) < 4.78 is 10.6. The molecule has 100 valence electrons. The smallest absolute Gasteiger partial charge is 0.235 e. The molecular weight excluding hydrogens is 240 g/mol. The van der Waals surface area contributed by atoms with Crippen molar-refractivity contribution in [3.8, 4) is 5.75 Å². The van der Waals surface area contributed by atoms with Crippen LogP contribution in [0.5, 0.6) is 5.75 Å². The molecule has 0 N–H and O–H groups in total. The summed E-state index contributed by atoms with van der Waals surface area (Å²) in [5, 5.41) is 0. The van der Waals surface area contributed by atoms with Crippen molar-refractivity contribution in [1.29, 1.82) is 0 Å². The monoisotopic (exact) mass is 258 g/mol. The predicted octanol–water partition coefficient (Wildman–Crippen LogP) is 3.97. The van der Waals surface area contributed by atoms with Crippen molar-refractivity contribution >= 4 is 5.78 Å². The summed E-state index contributed by atoms with van der Waals surface area (Å²) in [6.07, 6.45) is 1.48. The molecule has 0 atom stereocenters. The Morgan fingerprint density at radius 3 is 2.74 bits per heavy atom. The van der Waals surface area contributed by atoms with Gasteiger partial charge in [0.2, 0.25) is 5.78 Å². The molecular formula is C16H18O3. The number of carbonyl (C=O) groups is 1. The van der Waals surface area contributed by atoms with E-state index in [4.69, 9.17) is 9.15 Å². The van der Waals surface area contributed by atoms with Gasteiger partial charge >= 0.3 is 0 Å². The van der Waals surface area contributed by atoms with Gasteiger partial charge in [0.25, 0.3) is 0 Å². The van der Waals surface area contributed by atoms with Crippen LogP contribution < -0.4 is 4.74 Å². The first-order valence-electron chi connectivity index (χ1n) is 6.37. The number of Topliss-reactive ketones (excluding diaryl/α,β-unsaturated/α-hetero) is 1. The van der Waals surface area contributed by atoms with Gasteiger partial charge in [0, 0.05) is 0 Å². The van der Waals surface area contributed by atoms with E-state index in [1.54, 1.807) is 12.1 Å². The molecule has 0 unspecified atom stereocenters. The highest BCUT2D eigenvalue weighted by Crippen LogP contribution is 2.23. The molecule has 0 aliphatic rings. The van der Waals surface area contributed by atoms with Crippen molar-refractivity contribution in [2.24, 2.45) is 0 Å². The minimum Gasteiger partial charge on any atom is -0.485 e. The molecule has 0 saturated carbocycles. The standard InChI is InChI=1S/C16H18O3/c1-11(2)13-7-12(3)8-14(9-13)19-10-15(17)16-5-4-6-18-16/h4-9,11H,10H2,1-3H3. The van der Waals surface area contributed by atoms with Crippen LogP contribution in [0, 0.1) is 6.92 Å². The molecule has 3 nitrogen and oxygen atoms in total. The highest BCUT2D eigenvalue weighted by Gasteiger charge is 2.10. The fourth-order valence-electron chi connectivity index (χ4n) is 1.85. The second-order valence-corrected chi connectivity index (χ2v) is 4.92. The number of furan rings is 1. The lowest BCUT2D eigenvalue weighted by atomic mass is 10.0. The van der Waals surface area contributed by atoms with E-state index in [1.807, 2.05) is 19.1 Å². The van der Waals surface area contributed by atoms with Gasteiger partial charge in [-0.2, -0.15) is 0 Å². The van der Waals surface area contributed by atoms with E-state index in [0.717, 1.165) is 11.3 Å². The topological polar surface area (TPSA) is 39.4 Å². The first-order chi connectivity index (χ1) is 9.06. The number of hydrogen-bond donors (Lipinski definition) is 0. The molecule has 1 aromatic carbocycles. The van der Waals surface area contributed by atoms with E-state index < -0.39 is 0 Å². The van der Waals surface area contributed by atoms with Crippen molar-refractivity contribution < 1.29 is 13.9 Å². The molecule has 0 saturated heterocycles. The summed E-state index contributed by atoms with van der Waals surface area (Å²) in [5.74, 6) is 1.33. The number of rotatable bonds is 5. The van der Waals surface area contributed by atoms with Gasteiger partial charge in [-0.15, -0.1) is 0 Å². The van der Waals surface area contributed by atoms with Gasteiger partial charge in [-0.25, -0.2) is 0 Å². The number of hydrogen-bond acceptors (Lipinski definition) is 3. The number of aryl methyl sites for hydroxylation is 1. The maximum absolute atomic E-state index is 11.8. The zero-order chi connectivity index (χ0) is 13.8. The lowest BCUT2D eigenvalue weighted by Gasteiger charge is -2.11. The first-order valence-corrected chi connectivity index (χ1v) is 6.37. The molecule has 0 radical (unpaired) electrons. The van der Waals surface area contributed by atoms with Gasteiger partial charge in [0.15, 0.2) is 12.4 Å². The van der Waals surface area contributed by atoms with Crippen molar-refractivity contribution in [1.82, 2.24) is 0 Å². The number of carbonyl (C=O) groups excluding carboxylic acids is 1. The van der Waals surface area contributed by atoms with Gasteiger partial charge in [0.05, 0.1) is 6.26 Å². The van der Waals surface area contributed by atoms with Crippen LogP contribution in [0.1, 0.15) is 41.4 Å². The Kier molecular flexibility index (Phi) is 4.05. The molecule has 3 heteroatoms. The second-order valence-electron chi connectivity index (χ2n) is 4.92. The van der Waals surface area contributed by atoms with Gasteiger partial charge in [-0.05, 0) is 48.2 Å². The van der Waals surface area contributed by atoms with E-state index in [9.17, 15) is 4.79 Å². The zero-order valence-corrected chi connectivity index (χ0v) is 11.5. The number of ketones is 1. The molecule has 2 rings (SSSR count). The highest BCUT2D eigenvalue weighted by molar-refractivity contribution is 5.94. The lowest BCUT2D eigenvalue weighted by Crippen LogP contribution is -2.11. The number of ether oxygens (including phenoxy) is 1. The molecule has 0 amide bonds. The molecule has 0 fully saturated rings. The van der Waals surface area contributed by atoms with Crippen LogP contribution in [0.2, 0.25) is 0 Å². The van der Waals surface area contributed by atoms with E-state index in [-0.39, 0.29) is 12.4 Å². The highest BCUT2D eigenvalue weighted by atomic mass is 16.5. The minimum absolute atomic E-state index is 0.00545. The molecule has 2 aromatic rings. The molecule has 1 heterocycles. The molecule has 19 heavy (non-hydrogen) atoms. The predicted molar refractivity (Wildman–Crippen MR) is 73.8 cm³/mol. The van der Waals surface area contributed by atoms with Crippen LogP contribution in [0.4, 0.5) is 0 Å². The zero-order valence-electron chi connectivity index (χ0n) is 11.5. The van der Waals surface area contributed by atoms with Gasteiger partial charge < -0.3 is 9.15 Å².